The van der Waals surface area contributed by atoms with E-state index in [1.165, 1.54) is 19.7 Å². The number of aryl methyl sites for hydroxylation is 1. The van der Waals surface area contributed by atoms with Gasteiger partial charge in [0.25, 0.3) is 0 Å². The lowest BCUT2D eigenvalue weighted by Crippen LogP contribution is -2.06. The predicted molar refractivity (Wildman–Crippen MR) is 60.1 cm³/mol. The molecule has 2 heterocycles. The van der Waals surface area contributed by atoms with Crippen LogP contribution in [0, 0.1) is 6.92 Å². The van der Waals surface area contributed by atoms with Crippen LogP contribution in [0.3, 0.4) is 0 Å². The molecule has 0 unspecified atom stereocenters. The third-order valence-corrected chi connectivity index (χ3v) is 2.41. The number of nitrogens with zero attached hydrogens (tertiary/aromatic N) is 2. The van der Waals surface area contributed by atoms with Crippen molar-refractivity contribution in [3.8, 4) is 5.88 Å². The van der Waals surface area contributed by atoms with Gasteiger partial charge in [-0.1, -0.05) is 0 Å². The lowest BCUT2D eigenvalue weighted by molar-refractivity contribution is 0.0990. The summed E-state index contributed by atoms with van der Waals surface area (Å²) < 4.78 is 10.1. The molecule has 0 amide bonds. The van der Waals surface area contributed by atoms with Gasteiger partial charge in [-0.15, -0.1) is 0 Å². The molecule has 5 nitrogen and oxygen atoms in total. The van der Waals surface area contributed by atoms with Crippen molar-refractivity contribution in [2.75, 3.05) is 7.11 Å². The molecule has 0 aliphatic rings. The van der Waals surface area contributed by atoms with Gasteiger partial charge in [0, 0.05) is 6.07 Å². The summed E-state index contributed by atoms with van der Waals surface area (Å²) in [5.41, 5.74) is 1.21. The normalized spacial score (nSPS) is 10.2. The number of aromatic nitrogens is 2. The van der Waals surface area contributed by atoms with E-state index in [0.29, 0.717) is 22.9 Å². The number of rotatable bonds is 4. The number of hydrogen-bond donors (Lipinski definition) is 0. The standard InChI is InChI=1S/C12H12N2O3/c1-8-10(3-4-17-8)11(15)5-9-6-12(16-2)14-7-13-9/h3-4,6-7H,5H2,1-2H3. The number of ketones is 1. The van der Waals surface area contributed by atoms with Crippen LogP contribution in [0.15, 0.2) is 29.1 Å². The summed E-state index contributed by atoms with van der Waals surface area (Å²) in [6.45, 7) is 1.76. The number of Topliss-reactive ketones (excluding diaryl/α,β-unsaturated/α-hetero) is 1. The van der Waals surface area contributed by atoms with Crippen LogP contribution in [0.5, 0.6) is 5.88 Å². The van der Waals surface area contributed by atoms with E-state index in [-0.39, 0.29) is 12.2 Å². The average molecular weight is 232 g/mol. The summed E-state index contributed by atoms with van der Waals surface area (Å²) in [5.74, 6) is 1.04. The second kappa shape index (κ2) is 4.78. The molecular weight excluding hydrogens is 220 g/mol. The Balaban J connectivity index is 2.16. The Hall–Kier alpha value is -2.17. The Morgan fingerprint density at radius 1 is 1.47 bits per heavy atom. The molecule has 17 heavy (non-hydrogen) atoms. The van der Waals surface area contributed by atoms with Crippen molar-refractivity contribution in [3.63, 3.8) is 0 Å². The maximum atomic E-state index is 11.9. The highest BCUT2D eigenvalue weighted by atomic mass is 16.5. The van der Waals surface area contributed by atoms with E-state index in [0.717, 1.165) is 0 Å². The van der Waals surface area contributed by atoms with E-state index >= 15 is 0 Å². The van der Waals surface area contributed by atoms with E-state index in [4.69, 9.17) is 9.15 Å². The highest BCUT2D eigenvalue weighted by Gasteiger charge is 2.13. The van der Waals surface area contributed by atoms with Crippen LogP contribution < -0.4 is 4.74 Å². The molecular formula is C12H12N2O3. The zero-order chi connectivity index (χ0) is 12.3. The first-order valence-corrected chi connectivity index (χ1v) is 5.13. The monoisotopic (exact) mass is 232 g/mol. The van der Waals surface area contributed by atoms with Crippen LogP contribution in [0.25, 0.3) is 0 Å². The van der Waals surface area contributed by atoms with Crippen LogP contribution in [0.2, 0.25) is 0 Å². The van der Waals surface area contributed by atoms with Gasteiger partial charge in [-0.25, -0.2) is 9.97 Å². The van der Waals surface area contributed by atoms with Crippen LogP contribution in [0.4, 0.5) is 0 Å². The number of furan rings is 1. The maximum Gasteiger partial charge on any atom is 0.216 e. The Kier molecular flexibility index (Phi) is 3.18. The Labute approximate surface area is 98.5 Å². The topological polar surface area (TPSA) is 65.2 Å². The first-order valence-electron chi connectivity index (χ1n) is 5.13. The minimum Gasteiger partial charge on any atom is -0.481 e. The summed E-state index contributed by atoms with van der Waals surface area (Å²) in [7, 11) is 1.52. The van der Waals surface area contributed by atoms with E-state index in [1.54, 1.807) is 19.1 Å². The van der Waals surface area contributed by atoms with Crippen molar-refractivity contribution >= 4 is 5.78 Å². The minimum absolute atomic E-state index is 0.0306. The molecule has 0 aliphatic carbocycles. The van der Waals surface area contributed by atoms with Crippen LogP contribution in [0.1, 0.15) is 21.8 Å². The summed E-state index contributed by atoms with van der Waals surface area (Å²) in [4.78, 5) is 19.8. The van der Waals surface area contributed by atoms with Crippen molar-refractivity contribution in [3.05, 3.63) is 41.7 Å². The van der Waals surface area contributed by atoms with Gasteiger partial charge in [0.2, 0.25) is 5.88 Å². The maximum absolute atomic E-state index is 11.9. The zero-order valence-corrected chi connectivity index (χ0v) is 9.64. The minimum atomic E-state index is -0.0306. The molecule has 0 atom stereocenters. The van der Waals surface area contributed by atoms with Gasteiger partial charge in [-0.3, -0.25) is 4.79 Å². The van der Waals surface area contributed by atoms with Gasteiger partial charge in [-0.2, -0.15) is 0 Å². The molecule has 0 fully saturated rings. The van der Waals surface area contributed by atoms with Crippen LogP contribution in [-0.2, 0) is 6.42 Å². The molecule has 0 aromatic carbocycles. The van der Waals surface area contributed by atoms with E-state index < -0.39 is 0 Å². The van der Waals surface area contributed by atoms with Crippen molar-refractivity contribution in [2.45, 2.75) is 13.3 Å². The molecule has 5 heteroatoms. The smallest absolute Gasteiger partial charge is 0.216 e. The molecule has 0 bridgehead atoms. The lowest BCUT2D eigenvalue weighted by atomic mass is 10.1. The van der Waals surface area contributed by atoms with Gasteiger partial charge in [0.05, 0.1) is 31.1 Å². The Bertz CT molecular complexity index is 534. The van der Waals surface area contributed by atoms with E-state index in [2.05, 4.69) is 9.97 Å². The van der Waals surface area contributed by atoms with Gasteiger partial charge in [-0.05, 0) is 13.0 Å². The average Bonchev–Trinajstić information content (AvgIpc) is 2.76. The molecule has 0 saturated heterocycles. The third kappa shape index (κ3) is 2.50. The summed E-state index contributed by atoms with van der Waals surface area (Å²) in [6, 6.07) is 3.31. The number of carbonyl (C=O) groups is 1. The fourth-order valence-corrected chi connectivity index (χ4v) is 1.52. The van der Waals surface area contributed by atoms with Crippen molar-refractivity contribution in [1.29, 1.82) is 0 Å². The highest BCUT2D eigenvalue weighted by Crippen LogP contribution is 2.13. The first kappa shape index (κ1) is 11.3. The first-order chi connectivity index (χ1) is 8.20. The highest BCUT2D eigenvalue weighted by molar-refractivity contribution is 5.98. The molecule has 0 N–H and O–H groups in total. The summed E-state index contributed by atoms with van der Waals surface area (Å²) in [6.07, 6.45) is 3.09. The fourth-order valence-electron chi connectivity index (χ4n) is 1.52. The number of hydrogen-bond acceptors (Lipinski definition) is 5. The van der Waals surface area contributed by atoms with Gasteiger partial charge in [0.15, 0.2) is 5.78 Å². The van der Waals surface area contributed by atoms with Gasteiger partial charge in [0.1, 0.15) is 12.1 Å². The van der Waals surface area contributed by atoms with E-state index in [9.17, 15) is 4.79 Å². The molecule has 2 aromatic heterocycles. The van der Waals surface area contributed by atoms with Crippen molar-refractivity contribution in [2.24, 2.45) is 0 Å². The molecule has 0 spiro atoms. The molecule has 0 saturated carbocycles. The molecule has 0 radical (unpaired) electrons. The summed E-state index contributed by atoms with van der Waals surface area (Å²) in [5, 5.41) is 0. The second-order valence-corrected chi connectivity index (χ2v) is 3.54. The SMILES string of the molecule is COc1cc(CC(=O)c2ccoc2C)ncn1. The van der Waals surface area contributed by atoms with Gasteiger partial charge < -0.3 is 9.15 Å². The van der Waals surface area contributed by atoms with E-state index in [1.807, 2.05) is 0 Å². The third-order valence-electron chi connectivity index (χ3n) is 2.41. The molecule has 2 aromatic rings. The molecule has 2 rings (SSSR count). The number of carbonyl (C=O) groups excluding carboxylic acids is 1. The summed E-state index contributed by atoms with van der Waals surface area (Å²) >= 11 is 0. The molecule has 0 aliphatic heterocycles. The predicted octanol–water partition coefficient (Wildman–Crippen LogP) is 1.81. The Morgan fingerprint density at radius 2 is 2.29 bits per heavy atom. The quantitative estimate of drug-likeness (QED) is 0.752. The van der Waals surface area contributed by atoms with Crippen molar-refractivity contribution in [1.82, 2.24) is 9.97 Å². The Morgan fingerprint density at radius 3 is 2.94 bits per heavy atom. The van der Waals surface area contributed by atoms with Crippen LogP contribution >= 0.6 is 0 Å². The number of ether oxygens (including phenoxy) is 1. The zero-order valence-electron chi connectivity index (χ0n) is 9.64. The van der Waals surface area contributed by atoms with Crippen molar-refractivity contribution < 1.29 is 13.9 Å². The fraction of sp³-hybridized carbons (Fsp3) is 0.250. The van der Waals surface area contributed by atoms with Gasteiger partial charge >= 0.3 is 0 Å². The van der Waals surface area contributed by atoms with Crippen LogP contribution in [-0.4, -0.2) is 22.9 Å². The lowest BCUT2D eigenvalue weighted by Gasteiger charge is -2.01. The largest absolute Gasteiger partial charge is 0.481 e. The second-order valence-electron chi connectivity index (χ2n) is 3.54. The number of methoxy groups -OCH3 is 1. The molecule has 88 valence electrons.